The van der Waals surface area contributed by atoms with Gasteiger partial charge in [0.05, 0.1) is 5.69 Å². The molecule has 106 valence electrons. The molecule has 4 nitrogen and oxygen atoms in total. The molecule has 0 heterocycles. The van der Waals surface area contributed by atoms with Crippen molar-refractivity contribution in [1.82, 2.24) is 4.72 Å². The van der Waals surface area contributed by atoms with Gasteiger partial charge in [0, 0.05) is 6.04 Å². The smallest absolute Gasteiger partial charge is 0.242 e. The summed E-state index contributed by atoms with van der Waals surface area (Å²) in [6, 6.07) is 3.35. The molecule has 0 amide bonds. The molecule has 5 heteroatoms. The number of hydrogen-bond acceptors (Lipinski definition) is 3. The second-order valence-electron chi connectivity index (χ2n) is 5.58. The highest BCUT2D eigenvalue weighted by Gasteiger charge is 2.28. The SMILES string of the molecule is Cc1cc(N)c(S(=O)(=O)NC(C)C2CCC2)cc1C. The fourth-order valence-corrected chi connectivity index (χ4v) is 3.90. The topological polar surface area (TPSA) is 72.2 Å². The number of nitrogen functional groups attached to an aromatic ring is 1. The summed E-state index contributed by atoms with van der Waals surface area (Å²) < 4.78 is 27.5. The Balaban J connectivity index is 2.26. The fraction of sp³-hybridized carbons (Fsp3) is 0.571. The summed E-state index contributed by atoms with van der Waals surface area (Å²) in [7, 11) is -3.53. The maximum absolute atomic E-state index is 12.4. The molecule has 2 rings (SSSR count). The third-order valence-electron chi connectivity index (χ3n) is 4.11. The number of rotatable bonds is 4. The van der Waals surface area contributed by atoms with Crippen LogP contribution < -0.4 is 10.5 Å². The molecule has 0 radical (unpaired) electrons. The number of nitrogens with two attached hydrogens (primary N) is 1. The van der Waals surface area contributed by atoms with E-state index in [-0.39, 0.29) is 10.9 Å². The fourth-order valence-electron chi connectivity index (χ4n) is 2.39. The molecule has 0 bridgehead atoms. The molecule has 1 unspecified atom stereocenters. The predicted molar refractivity (Wildman–Crippen MR) is 77.5 cm³/mol. The molecule has 3 N–H and O–H groups in total. The van der Waals surface area contributed by atoms with E-state index in [1.54, 1.807) is 12.1 Å². The van der Waals surface area contributed by atoms with Gasteiger partial charge >= 0.3 is 0 Å². The Bertz CT molecular complexity index is 577. The Kier molecular flexibility index (Phi) is 3.87. The minimum absolute atomic E-state index is 0.0280. The number of nitrogens with one attached hydrogen (secondary N) is 1. The summed E-state index contributed by atoms with van der Waals surface area (Å²) >= 11 is 0. The first-order chi connectivity index (χ1) is 8.81. The van der Waals surface area contributed by atoms with Gasteiger partial charge in [-0.05, 0) is 62.8 Å². The number of benzene rings is 1. The van der Waals surface area contributed by atoms with E-state index >= 15 is 0 Å². The number of sulfonamides is 1. The maximum atomic E-state index is 12.4. The van der Waals surface area contributed by atoms with Crippen LogP contribution >= 0.6 is 0 Å². The van der Waals surface area contributed by atoms with Crippen LogP contribution in [0.25, 0.3) is 0 Å². The van der Waals surface area contributed by atoms with E-state index in [1.165, 1.54) is 6.42 Å². The van der Waals surface area contributed by atoms with Gasteiger partial charge < -0.3 is 5.73 Å². The largest absolute Gasteiger partial charge is 0.398 e. The number of aryl methyl sites for hydroxylation is 2. The van der Waals surface area contributed by atoms with Crippen molar-refractivity contribution in [3.8, 4) is 0 Å². The van der Waals surface area contributed by atoms with Crippen LogP contribution in [0.5, 0.6) is 0 Å². The zero-order valence-electron chi connectivity index (χ0n) is 11.7. The Morgan fingerprint density at radius 2 is 1.84 bits per heavy atom. The van der Waals surface area contributed by atoms with Gasteiger partial charge in [-0.1, -0.05) is 6.42 Å². The van der Waals surface area contributed by atoms with Crippen LogP contribution in [0.2, 0.25) is 0 Å². The van der Waals surface area contributed by atoms with Gasteiger partial charge in [0.2, 0.25) is 10.0 Å². The van der Waals surface area contributed by atoms with Crippen molar-refractivity contribution in [2.45, 2.75) is 51.0 Å². The summed E-state index contributed by atoms with van der Waals surface area (Å²) in [5.41, 5.74) is 8.11. The van der Waals surface area contributed by atoms with Crippen molar-refractivity contribution in [2.24, 2.45) is 5.92 Å². The van der Waals surface area contributed by atoms with E-state index in [4.69, 9.17) is 5.73 Å². The third-order valence-corrected chi connectivity index (χ3v) is 5.73. The summed E-state index contributed by atoms with van der Waals surface area (Å²) in [4.78, 5) is 0.196. The lowest BCUT2D eigenvalue weighted by Crippen LogP contribution is -2.40. The second-order valence-corrected chi connectivity index (χ2v) is 7.26. The highest BCUT2D eigenvalue weighted by molar-refractivity contribution is 7.89. The Labute approximate surface area is 115 Å². The van der Waals surface area contributed by atoms with Crippen LogP contribution in [0.1, 0.15) is 37.3 Å². The zero-order chi connectivity index (χ0) is 14.2. The summed E-state index contributed by atoms with van der Waals surface area (Å²) in [6.07, 6.45) is 3.40. The molecule has 1 atom stereocenters. The quantitative estimate of drug-likeness (QED) is 0.833. The van der Waals surface area contributed by atoms with Gasteiger partial charge in [-0.25, -0.2) is 13.1 Å². The van der Waals surface area contributed by atoms with Gasteiger partial charge in [0.15, 0.2) is 0 Å². The van der Waals surface area contributed by atoms with Gasteiger partial charge in [-0.2, -0.15) is 0 Å². The first-order valence-electron chi connectivity index (χ1n) is 6.70. The molecule has 1 saturated carbocycles. The van der Waals surface area contributed by atoms with Crippen LogP contribution in [0.4, 0.5) is 5.69 Å². The minimum atomic E-state index is -3.53. The average molecular weight is 282 g/mol. The van der Waals surface area contributed by atoms with E-state index in [2.05, 4.69) is 4.72 Å². The van der Waals surface area contributed by atoms with Crippen molar-refractivity contribution in [1.29, 1.82) is 0 Å². The van der Waals surface area contributed by atoms with Crippen molar-refractivity contribution >= 4 is 15.7 Å². The highest BCUT2D eigenvalue weighted by atomic mass is 32.2. The Morgan fingerprint density at radius 1 is 1.26 bits per heavy atom. The summed E-state index contributed by atoms with van der Waals surface area (Å²) in [5.74, 6) is 0.461. The van der Waals surface area contributed by atoms with E-state index in [0.717, 1.165) is 24.0 Å². The van der Waals surface area contributed by atoms with Crippen molar-refractivity contribution in [3.63, 3.8) is 0 Å². The zero-order valence-corrected chi connectivity index (χ0v) is 12.5. The average Bonchev–Trinajstić information content (AvgIpc) is 2.19. The lowest BCUT2D eigenvalue weighted by atomic mass is 9.81. The molecule has 1 aromatic carbocycles. The molecular weight excluding hydrogens is 260 g/mol. The van der Waals surface area contributed by atoms with Crippen molar-refractivity contribution < 1.29 is 8.42 Å². The third kappa shape index (κ3) is 2.92. The molecule has 0 saturated heterocycles. The first kappa shape index (κ1) is 14.3. The van der Waals surface area contributed by atoms with Crippen LogP contribution in [0.3, 0.4) is 0 Å². The molecule has 0 aromatic heterocycles. The van der Waals surface area contributed by atoms with Gasteiger partial charge in [-0.15, -0.1) is 0 Å². The molecular formula is C14H22N2O2S. The van der Waals surface area contributed by atoms with Gasteiger partial charge in [0.1, 0.15) is 4.90 Å². The van der Waals surface area contributed by atoms with Crippen LogP contribution in [0.15, 0.2) is 17.0 Å². The van der Waals surface area contributed by atoms with E-state index in [0.29, 0.717) is 11.6 Å². The van der Waals surface area contributed by atoms with E-state index in [1.807, 2.05) is 20.8 Å². The first-order valence-corrected chi connectivity index (χ1v) is 8.18. The maximum Gasteiger partial charge on any atom is 0.242 e. The van der Waals surface area contributed by atoms with Gasteiger partial charge in [0.25, 0.3) is 0 Å². The van der Waals surface area contributed by atoms with E-state index in [9.17, 15) is 8.42 Å². The van der Waals surface area contributed by atoms with Crippen molar-refractivity contribution in [2.75, 3.05) is 5.73 Å². The van der Waals surface area contributed by atoms with E-state index < -0.39 is 10.0 Å². The molecule has 1 aliphatic rings. The van der Waals surface area contributed by atoms with Crippen LogP contribution in [0, 0.1) is 19.8 Å². The normalized spacial score (nSPS) is 18.1. The molecule has 19 heavy (non-hydrogen) atoms. The Morgan fingerprint density at radius 3 is 2.37 bits per heavy atom. The second kappa shape index (κ2) is 5.13. The number of hydrogen-bond donors (Lipinski definition) is 2. The molecule has 0 spiro atoms. The minimum Gasteiger partial charge on any atom is -0.398 e. The molecule has 1 fully saturated rings. The Hall–Kier alpha value is -1.07. The summed E-state index contributed by atoms with van der Waals surface area (Å²) in [6.45, 7) is 5.74. The molecule has 1 aromatic rings. The predicted octanol–water partition coefficient (Wildman–Crippen LogP) is 2.35. The molecule has 1 aliphatic carbocycles. The van der Waals surface area contributed by atoms with Crippen molar-refractivity contribution in [3.05, 3.63) is 23.3 Å². The highest BCUT2D eigenvalue weighted by Crippen LogP contribution is 2.31. The lowest BCUT2D eigenvalue weighted by molar-refractivity contribution is 0.260. The number of anilines is 1. The van der Waals surface area contributed by atoms with Crippen LogP contribution in [-0.2, 0) is 10.0 Å². The van der Waals surface area contributed by atoms with Gasteiger partial charge in [-0.3, -0.25) is 0 Å². The van der Waals surface area contributed by atoms with Crippen LogP contribution in [-0.4, -0.2) is 14.5 Å². The molecule has 0 aliphatic heterocycles. The monoisotopic (exact) mass is 282 g/mol. The lowest BCUT2D eigenvalue weighted by Gasteiger charge is -2.31. The standard InChI is InChI=1S/C14H22N2O2S/c1-9-7-13(15)14(8-10(9)2)19(17,18)16-11(3)12-5-4-6-12/h7-8,11-12,16H,4-6,15H2,1-3H3. The summed E-state index contributed by atoms with van der Waals surface area (Å²) in [5, 5.41) is 0.